The Morgan fingerprint density at radius 1 is 0.867 bits per heavy atom. The third kappa shape index (κ3) is 4.72. The number of hydrogen-bond acceptors (Lipinski definition) is 6. The summed E-state index contributed by atoms with van der Waals surface area (Å²) in [5.41, 5.74) is 1.54. The second-order valence-corrected chi connectivity index (χ2v) is 9.40. The van der Waals surface area contributed by atoms with Gasteiger partial charge in [0.1, 0.15) is 0 Å². The summed E-state index contributed by atoms with van der Waals surface area (Å²) in [4.78, 5) is 14.7. The molecule has 7 heteroatoms. The molecule has 1 heterocycles. The molecule has 0 spiro atoms. The lowest BCUT2D eigenvalue weighted by atomic mass is 10.1. The van der Waals surface area contributed by atoms with Crippen LogP contribution in [0.15, 0.2) is 40.1 Å². The molecule has 0 atom stereocenters. The zero-order valence-electron chi connectivity index (χ0n) is 17.9. The van der Waals surface area contributed by atoms with E-state index in [0.29, 0.717) is 33.5 Å². The number of hydrogen-bond donors (Lipinski definition) is 0. The molecule has 0 aliphatic carbocycles. The number of halogens is 1. The number of ether oxygens (including phenoxy) is 4. The third-order valence-electron chi connectivity index (χ3n) is 4.27. The van der Waals surface area contributed by atoms with Crippen LogP contribution in [-0.2, 0) is 0 Å². The van der Waals surface area contributed by atoms with Crippen LogP contribution in [0.3, 0.4) is 0 Å². The number of Topliss-reactive ketones (excluding diaryl/α,β-unsaturated/α-hetero) is 1. The van der Waals surface area contributed by atoms with E-state index in [1.807, 2.05) is 52.0 Å². The maximum atomic E-state index is 13.2. The van der Waals surface area contributed by atoms with Gasteiger partial charge in [0, 0.05) is 14.0 Å². The number of fused-ring (bicyclic) bond motifs is 1. The molecule has 1 aliphatic rings. The van der Waals surface area contributed by atoms with Crippen LogP contribution in [0.25, 0.3) is 3.58 Å². The number of ketones is 1. The summed E-state index contributed by atoms with van der Waals surface area (Å²) in [6.07, 6.45) is -0.00650. The number of allylic oxidation sites excluding steroid dienone is 1. The van der Waals surface area contributed by atoms with Crippen molar-refractivity contribution in [1.29, 1.82) is 0 Å². The molecule has 3 rings (SSSR count). The van der Waals surface area contributed by atoms with Gasteiger partial charge in [-0.3, -0.25) is 4.79 Å². The standard InChI is InChI=1S/C23H25IO5S/c1-12(2)28-18-9-14(7-8-16(18)26-5)21(24)23-22(25)15-10-19(29-13(3)4)17(27-6)11-20(15)30-23/h7-13H,1-6H3/b23-21+. The van der Waals surface area contributed by atoms with Crippen molar-refractivity contribution in [3.05, 3.63) is 46.4 Å². The summed E-state index contributed by atoms with van der Waals surface area (Å²) in [5, 5.41) is 0. The molecular formula is C23H25IO5S. The second kappa shape index (κ2) is 9.51. The normalized spacial score (nSPS) is 14.8. The molecule has 0 unspecified atom stereocenters. The number of carbonyl (C=O) groups excluding carboxylic acids is 1. The molecule has 30 heavy (non-hydrogen) atoms. The van der Waals surface area contributed by atoms with Gasteiger partial charge in [-0.15, -0.1) is 0 Å². The summed E-state index contributed by atoms with van der Waals surface area (Å²) in [5.74, 6) is 2.50. The molecule has 0 saturated carbocycles. The van der Waals surface area contributed by atoms with E-state index in [9.17, 15) is 4.79 Å². The van der Waals surface area contributed by atoms with Crippen LogP contribution < -0.4 is 18.9 Å². The molecule has 1 aliphatic heterocycles. The predicted octanol–water partition coefficient (Wildman–Crippen LogP) is 6.37. The molecule has 0 saturated heterocycles. The van der Waals surface area contributed by atoms with Crippen LogP contribution in [0.4, 0.5) is 0 Å². The predicted molar refractivity (Wildman–Crippen MR) is 129 cm³/mol. The Hall–Kier alpha value is -1.87. The molecule has 160 valence electrons. The summed E-state index contributed by atoms with van der Waals surface area (Å²) in [6.45, 7) is 7.81. The minimum Gasteiger partial charge on any atom is -0.493 e. The van der Waals surface area contributed by atoms with Crippen LogP contribution in [0.5, 0.6) is 23.0 Å². The summed E-state index contributed by atoms with van der Waals surface area (Å²) < 4.78 is 23.5. The van der Waals surface area contributed by atoms with Gasteiger partial charge in [-0.1, -0.05) is 11.8 Å². The zero-order valence-corrected chi connectivity index (χ0v) is 20.8. The summed E-state index contributed by atoms with van der Waals surface area (Å²) >= 11 is 3.67. The van der Waals surface area contributed by atoms with E-state index >= 15 is 0 Å². The van der Waals surface area contributed by atoms with Gasteiger partial charge in [-0.2, -0.15) is 0 Å². The Balaban J connectivity index is 2.02. The molecule has 2 aromatic carbocycles. The highest BCUT2D eigenvalue weighted by Gasteiger charge is 2.31. The largest absolute Gasteiger partial charge is 0.493 e. The lowest BCUT2D eigenvalue weighted by Crippen LogP contribution is -2.08. The Labute approximate surface area is 195 Å². The molecule has 0 aromatic heterocycles. The third-order valence-corrected chi connectivity index (χ3v) is 6.95. The Morgan fingerprint density at radius 2 is 1.47 bits per heavy atom. The quantitative estimate of drug-likeness (QED) is 0.301. The average molecular weight is 540 g/mol. The van der Waals surface area contributed by atoms with Gasteiger partial charge in [0.15, 0.2) is 23.0 Å². The lowest BCUT2D eigenvalue weighted by Gasteiger charge is -2.15. The van der Waals surface area contributed by atoms with Crippen LogP contribution in [0, 0.1) is 0 Å². The number of methoxy groups -OCH3 is 2. The van der Waals surface area contributed by atoms with Crippen molar-refractivity contribution in [2.45, 2.75) is 44.8 Å². The molecular weight excluding hydrogens is 515 g/mol. The summed E-state index contributed by atoms with van der Waals surface area (Å²) in [6, 6.07) is 9.36. The number of carbonyl (C=O) groups is 1. The first-order valence-electron chi connectivity index (χ1n) is 9.61. The van der Waals surface area contributed by atoms with Gasteiger partial charge in [0.25, 0.3) is 0 Å². The van der Waals surface area contributed by atoms with Gasteiger partial charge < -0.3 is 18.9 Å². The highest BCUT2D eigenvalue weighted by molar-refractivity contribution is 14.1. The van der Waals surface area contributed by atoms with Gasteiger partial charge in [0.2, 0.25) is 5.78 Å². The highest BCUT2D eigenvalue weighted by atomic mass is 127. The van der Waals surface area contributed by atoms with Crippen LogP contribution >= 0.6 is 34.4 Å². The summed E-state index contributed by atoms with van der Waals surface area (Å²) in [7, 11) is 3.22. The van der Waals surface area contributed by atoms with Crippen molar-refractivity contribution in [2.24, 2.45) is 0 Å². The number of thioether (sulfide) groups is 1. The van der Waals surface area contributed by atoms with Gasteiger partial charge in [-0.25, -0.2) is 0 Å². The van der Waals surface area contributed by atoms with Crippen molar-refractivity contribution >= 4 is 43.7 Å². The maximum absolute atomic E-state index is 13.2. The fourth-order valence-corrected chi connectivity index (χ4v) is 4.99. The van der Waals surface area contributed by atoms with Crippen molar-refractivity contribution in [1.82, 2.24) is 0 Å². The van der Waals surface area contributed by atoms with Crippen molar-refractivity contribution in [3.63, 3.8) is 0 Å². The molecule has 0 amide bonds. The first-order chi connectivity index (χ1) is 14.2. The number of rotatable bonds is 7. The first-order valence-corrected chi connectivity index (χ1v) is 11.5. The fourth-order valence-electron chi connectivity index (χ4n) is 3.02. The van der Waals surface area contributed by atoms with E-state index in [0.717, 1.165) is 14.0 Å². The Kier molecular flexibility index (Phi) is 7.23. The minimum atomic E-state index is -0.0186. The van der Waals surface area contributed by atoms with Crippen molar-refractivity contribution < 1.29 is 23.7 Å². The molecule has 5 nitrogen and oxygen atoms in total. The Morgan fingerprint density at radius 3 is 2.03 bits per heavy atom. The number of benzene rings is 2. The molecule has 0 radical (unpaired) electrons. The molecule has 0 fully saturated rings. The van der Waals surface area contributed by atoms with Crippen LogP contribution in [0.1, 0.15) is 43.6 Å². The second-order valence-electron chi connectivity index (χ2n) is 7.27. The van der Waals surface area contributed by atoms with E-state index < -0.39 is 0 Å². The van der Waals surface area contributed by atoms with Crippen LogP contribution in [-0.4, -0.2) is 32.2 Å². The van der Waals surface area contributed by atoms with E-state index in [1.165, 1.54) is 11.8 Å². The van der Waals surface area contributed by atoms with E-state index in [4.69, 9.17) is 18.9 Å². The topological polar surface area (TPSA) is 54.0 Å². The Bertz CT molecular complexity index is 997. The maximum Gasteiger partial charge on any atom is 0.202 e. The highest BCUT2D eigenvalue weighted by Crippen LogP contribution is 2.49. The van der Waals surface area contributed by atoms with E-state index in [1.54, 1.807) is 20.3 Å². The zero-order chi connectivity index (χ0) is 22.0. The molecule has 0 N–H and O–H groups in total. The first kappa shape index (κ1) is 22.8. The van der Waals surface area contributed by atoms with Gasteiger partial charge in [0.05, 0.1) is 31.3 Å². The average Bonchev–Trinajstić information content (AvgIpc) is 3.01. The monoisotopic (exact) mass is 540 g/mol. The van der Waals surface area contributed by atoms with E-state index in [-0.39, 0.29) is 18.0 Å². The van der Waals surface area contributed by atoms with Crippen molar-refractivity contribution in [3.8, 4) is 23.0 Å². The van der Waals surface area contributed by atoms with Crippen molar-refractivity contribution in [2.75, 3.05) is 14.2 Å². The van der Waals surface area contributed by atoms with Gasteiger partial charge in [-0.05, 0) is 86.2 Å². The lowest BCUT2D eigenvalue weighted by molar-refractivity contribution is 0.104. The van der Waals surface area contributed by atoms with E-state index in [2.05, 4.69) is 22.6 Å². The smallest absolute Gasteiger partial charge is 0.202 e. The fraction of sp³-hybridized carbons (Fsp3) is 0.348. The molecule has 0 bridgehead atoms. The van der Waals surface area contributed by atoms with Gasteiger partial charge >= 0.3 is 0 Å². The minimum absolute atomic E-state index is 0.0121. The van der Waals surface area contributed by atoms with Crippen LogP contribution in [0.2, 0.25) is 0 Å². The SMILES string of the molecule is COc1ccc(/C(I)=C2\Sc3cc(OC)c(OC(C)C)cc3C2=O)cc1OC(C)C. The molecule has 2 aromatic rings.